The van der Waals surface area contributed by atoms with Crippen LogP contribution in [0.25, 0.3) is 11.0 Å². The number of ether oxygens (including phenoxy) is 2. The Morgan fingerprint density at radius 1 is 1.25 bits per heavy atom. The topological polar surface area (TPSA) is 75.3 Å². The van der Waals surface area contributed by atoms with Gasteiger partial charge in [0.05, 0.1) is 30.7 Å². The van der Waals surface area contributed by atoms with Gasteiger partial charge in [-0.05, 0) is 19.1 Å². The van der Waals surface area contributed by atoms with Crippen molar-refractivity contribution >= 4 is 16.9 Å². The third kappa shape index (κ3) is 4.12. The number of para-hydroxylation sites is 1. The summed E-state index contributed by atoms with van der Waals surface area (Å²) < 4.78 is 51.4. The number of morpholine rings is 1. The molecule has 2 aliphatic rings. The van der Waals surface area contributed by atoms with E-state index in [2.05, 4.69) is 32.1 Å². The lowest BCUT2D eigenvalue weighted by molar-refractivity contribution is -0.140. The number of hydrogen-bond acceptors (Lipinski definition) is 6. The van der Waals surface area contributed by atoms with Gasteiger partial charge in [-0.2, -0.15) is 13.2 Å². The SMILES string of the molecule is C[C@@H]1CN(C[C@H]2COc3ccccc3[C@@H]2Nc2ncnc3[nH]c(C(F)(F)F)cc23)CCO1. The molecule has 0 bridgehead atoms. The minimum atomic E-state index is -4.49. The van der Waals surface area contributed by atoms with Crippen LogP contribution in [0, 0.1) is 5.92 Å². The van der Waals surface area contributed by atoms with Crippen molar-refractivity contribution in [3.63, 3.8) is 0 Å². The molecule has 0 spiro atoms. The van der Waals surface area contributed by atoms with E-state index in [-0.39, 0.29) is 23.7 Å². The normalized spacial score (nSPS) is 24.2. The van der Waals surface area contributed by atoms with Crippen LogP contribution in [0.2, 0.25) is 0 Å². The number of benzene rings is 1. The van der Waals surface area contributed by atoms with E-state index in [9.17, 15) is 13.2 Å². The second-order valence-corrected chi connectivity index (χ2v) is 8.34. The largest absolute Gasteiger partial charge is 0.493 e. The summed E-state index contributed by atoms with van der Waals surface area (Å²) in [5.74, 6) is 1.21. The summed E-state index contributed by atoms with van der Waals surface area (Å²) in [7, 11) is 0. The Morgan fingerprint density at radius 2 is 2.09 bits per heavy atom. The van der Waals surface area contributed by atoms with Crippen molar-refractivity contribution in [3.05, 3.63) is 47.9 Å². The van der Waals surface area contributed by atoms with Crippen molar-refractivity contribution in [3.8, 4) is 5.75 Å². The molecule has 1 saturated heterocycles. The van der Waals surface area contributed by atoms with Crippen molar-refractivity contribution in [2.45, 2.75) is 25.2 Å². The van der Waals surface area contributed by atoms with Gasteiger partial charge in [0.15, 0.2) is 0 Å². The highest BCUT2D eigenvalue weighted by Gasteiger charge is 2.35. The monoisotopic (exact) mass is 447 g/mol. The van der Waals surface area contributed by atoms with E-state index in [1.165, 1.54) is 6.33 Å². The summed E-state index contributed by atoms with van der Waals surface area (Å²) in [6.07, 6.45) is -3.06. The molecule has 2 aliphatic heterocycles. The molecule has 2 aromatic heterocycles. The third-order valence-corrected chi connectivity index (χ3v) is 6.02. The lowest BCUT2D eigenvalue weighted by Crippen LogP contribution is -2.46. The maximum Gasteiger partial charge on any atom is 0.431 e. The van der Waals surface area contributed by atoms with Crippen molar-refractivity contribution in [1.82, 2.24) is 19.9 Å². The standard InChI is InChI=1S/C22H24F3N5O2/c1-13-9-30(6-7-31-13)10-14-11-32-17-5-3-2-4-15(17)19(14)29-21-16-8-18(22(23,24)25)28-20(16)26-12-27-21/h2-5,8,12-14,19H,6-7,9-11H2,1H3,(H2,26,27,28,29)/t13-,14+,19-/m1/s1. The molecule has 10 heteroatoms. The van der Waals surface area contributed by atoms with Gasteiger partial charge >= 0.3 is 6.18 Å². The van der Waals surface area contributed by atoms with Gasteiger partial charge in [0.2, 0.25) is 0 Å². The average molecular weight is 447 g/mol. The minimum absolute atomic E-state index is 0.0706. The molecule has 7 nitrogen and oxygen atoms in total. The second kappa shape index (κ2) is 8.25. The Labute approximate surface area is 182 Å². The van der Waals surface area contributed by atoms with Gasteiger partial charge in [0.25, 0.3) is 0 Å². The van der Waals surface area contributed by atoms with Crippen LogP contribution in [-0.4, -0.2) is 58.8 Å². The number of nitrogens with zero attached hydrogens (tertiary/aromatic N) is 3. The van der Waals surface area contributed by atoms with Crippen molar-refractivity contribution in [2.75, 3.05) is 38.2 Å². The van der Waals surface area contributed by atoms with Crippen LogP contribution in [0.1, 0.15) is 24.2 Å². The van der Waals surface area contributed by atoms with Crippen molar-refractivity contribution < 1.29 is 22.6 Å². The van der Waals surface area contributed by atoms with Gasteiger partial charge in [-0.1, -0.05) is 18.2 Å². The number of rotatable bonds is 4. The van der Waals surface area contributed by atoms with Crippen LogP contribution < -0.4 is 10.1 Å². The molecule has 4 heterocycles. The molecule has 2 N–H and O–H groups in total. The fraction of sp³-hybridized carbons (Fsp3) is 0.455. The smallest absolute Gasteiger partial charge is 0.431 e. The maximum absolute atomic E-state index is 13.2. The highest BCUT2D eigenvalue weighted by atomic mass is 19.4. The first-order chi connectivity index (χ1) is 15.4. The number of H-pyrrole nitrogens is 1. The number of fused-ring (bicyclic) bond motifs is 2. The van der Waals surface area contributed by atoms with E-state index in [1.54, 1.807) is 0 Å². The van der Waals surface area contributed by atoms with Crippen LogP contribution in [0.15, 0.2) is 36.7 Å². The van der Waals surface area contributed by atoms with E-state index < -0.39 is 11.9 Å². The van der Waals surface area contributed by atoms with Gasteiger partial charge in [0.1, 0.15) is 29.2 Å². The summed E-state index contributed by atoms with van der Waals surface area (Å²) in [6, 6.07) is 8.61. The van der Waals surface area contributed by atoms with E-state index in [1.807, 2.05) is 24.3 Å². The molecule has 32 heavy (non-hydrogen) atoms. The number of aromatic amines is 1. The molecule has 0 saturated carbocycles. The van der Waals surface area contributed by atoms with Crippen LogP contribution in [0.3, 0.4) is 0 Å². The fourth-order valence-corrected chi connectivity index (χ4v) is 4.51. The molecule has 5 rings (SSSR count). The molecular weight excluding hydrogens is 423 g/mol. The lowest BCUT2D eigenvalue weighted by atomic mass is 9.89. The van der Waals surface area contributed by atoms with Crippen LogP contribution >= 0.6 is 0 Å². The number of anilines is 1. The Morgan fingerprint density at radius 3 is 2.91 bits per heavy atom. The van der Waals surface area contributed by atoms with Gasteiger partial charge in [0, 0.05) is 31.1 Å². The predicted molar refractivity (Wildman–Crippen MR) is 113 cm³/mol. The third-order valence-electron chi connectivity index (χ3n) is 6.02. The zero-order valence-electron chi connectivity index (χ0n) is 17.5. The first-order valence-electron chi connectivity index (χ1n) is 10.6. The summed E-state index contributed by atoms with van der Waals surface area (Å²) in [5.41, 5.74) is 0.263. The summed E-state index contributed by atoms with van der Waals surface area (Å²) in [6.45, 7) is 5.66. The quantitative estimate of drug-likeness (QED) is 0.633. The molecule has 170 valence electrons. The molecule has 0 unspecified atom stereocenters. The zero-order valence-corrected chi connectivity index (χ0v) is 17.5. The predicted octanol–water partition coefficient (Wildman–Crippen LogP) is 3.86. The first kappa shape index (κ1) is 21.0. The molecule has 1 aromatic carbocycles. The number of alkyl halides is 3. The molecule has 1 fully saturated rings. The molecule has 0 radical (unpaired) electrons. The molecule has 0 amide bonds. The van der Waals surface area contributed by atoms with Crippen molar-refractivity contribution in [2.24, 2.45) is 5.92 Å². The Bertz CT molecular complexity index is 1100. The van der Waals surface area contributed by atoms with Crippen molar-refractivity contribution in [1.29, 1.82) is 0 Å². The zero-order chi connectivity index (χ0) is 22.3. The maximum atomic E-state index is 13.2. The van der Waals surface area contributed by atoms with Gasteiger partial charge in [-0.15, -0.1) is 0 Å². The highest BCUT2D eigenvalue weighted by molar-refractivity contribution is 5.88. The molecular formula is C22H24F3N5O2. The average Bonchev–Trinajstić information content (AvgIpc) is 3.21. The Hall–Kier alpha value is -2.85. The number of halogens is 3. The minimum Gasteiger partial charge on any atom is -0.493 e. The van der Waals surface area contributed by atoms with Gasteiger partial charge in [-0.25, -0.2) is 9.97 Å². The first-order valence-corrected chi connectivity index (χ1v) is 10.6. The van der Waals surface area contributed by atoms with E-state index >= 15 is 0 Å². The number of nitrogens with one attached hydrogen (secondary N) is 2. The highest BCUT2D eigenvalue weighted by Crippen LogP contribution is 2.39. The molecule has 3 atom stereocenters. The van der Waals surface area contributed by atoms with Gasteiger partial charge < -0.3 is 19.8 Å². The lowest BCUT2D eigenvalue weighted by Gasteiger charge is -2.39. The Kier molecular flexibility index (Phi) is 5.42. The van der Waals surface area contributed by atoms with E-state index in [0.717, 1.165) is 37.0 Å². The number of aromatic nitrogens is 3. The van der Waals surface area contributed by atoms with Crippen LogP contribution in [0.4, 0.5) is 19.0 Å². The number of hydrogen-bond donors (Lipinski definition) is 2. The van der Waals surface area contributed by atoms with Crippen LogP contribution in [0.5, 0.6) is 5.75 Å². The Balaban J connectivity index is 1.48. The van der Waals surface area contributed by atoms with Gasteiger partial charge in [-0.3, -0.25) is 4.90 Å². The second-order valence-electron chi connectivity index (χ2n) is 8.34. The van der Waals surface area contributed by atoms with E-state index in [4.69, 9.17) is 9.47 Å². The fourth-order valence-electron chi connectivity index (χ4n) is 4.51. The van der Waals surface area contributed by atoms with E-state index in [0.29, 0.717) is 24.4 Å². The summed E-state index contributed by atoms with van der Waals surface area (Å²) in [4.78, 5) is 13.0. The summed E-state index contributed by atoms with van der Waals surface area (Å²) >= 11 is 0. The van der Waals surface area contributed by atoms with Crippen LogP contribution in [-0.2, 0) is 10.9 Å². The summed E-state index contributed by atoms with van der Waals surface area (Å²) in [5, 5.41) is 3.73. The molecule has 0 aliphatic carbocycles. The molecule has 3 aromatic rings.